The second kappa shape index (κ2) is 5.08. The molecule has 0 spiro atoms. The van der Waals surface area contributed by atoms with Crippen LogP contribution in [-0.2, 0) is 12.8 Å². The summed E-state index contributed by atoms with van der Waals surface area (Å²) in [6, 6.07) is 12.6. The first-order valence-electron chi connectivity index (χ1n) is 7.07. The van der Waals surface area contributed by atoms with E-state index in [0.717, 1.165) is 35.6 Å². The summed E-state index contributed by atoms with van der Waals surface area (Å²) in [5, 5.41) is 4.72. The summed E-state index contributed by atoms with van der Waals surface area (Å²) in [6.45, 7) is 6.27. The first kappa shape index (κ1) is 12.9. The molecule has 3 heteroatoms. The van der Waals surface area contributed by atoms with Gasteiger partial charge in [0.25, 0.3) is 0 Å². The highest BCUT2D eigenvalue weighted by Crippen LogP contribution is 2.20. The molecular weight excluding hydrogens is 246 g/mol. The number of nitrogens with zero attached hydrogens (tertiary/aromatic N) is 3. The number of benzene rings is 1. The van der Waals surface area contributed by atoms with Crippen molar-refractivity contribution in [1.82, 2.24) is 14.6 Å². The van der Waals surface area contributed by atoms with Gasteiger partial charge in [0.15, 0.2) is 5.65 Å². The largest absolute Gasteiger partial charge is 0.234 e. The van der Waals surface area contributed by atoms with Gasteiger partial charge in [-0.15, -0.1) is 0 Å². The molecule has 1 aromatic carbocycles. The summed E-state index contributed by atoms with van der Waals surface area (Å²) in [5.74, 6) is 0. The van der Waals surface area contributed by atoms with E-state index >= 15 is 0 Å². The summed E-state index contributed by atoms with van der Waals surface area (Å²) in [5.41, 5.74) is 6.90. The van der Waals surface area contributed by atoms with Gasteiger partial charge in [0.05, 0.1) is 5.69 Å². The van der Waals surface area contributed by atoms with Crippen LogP contribution in [0.4, 0.5) is 0 Å². The molecule has 20 heavy (non-hydrogen) atoms. The average Bonchev–Trinajstić information content (AvgIpc) is 2.78. The van der Waals surface area contributed by atoms with Crippen LogP contribution in [0.3, 0.4) is 0 Å². The van der Waals surface area contributed by atoms with Gasteiger partial charge >= 0.3 is 0 Å². The Labute approximate surface area is 119 Å². The minimum absolute atomic E-state index is 0.892. The summed E-state index contributed by atoms with van der Waals surface area (Å²) < 4.78 is 1.98. The van der Waals surface area contributed by atoms with Gasteiger partial charge in [0.2, 0.25) is 0 Å². The number of aryl methyl sites for hydroxylation is 3. The molecule has 0 bridgehead atoms. The maximum Gasteiger partial charge on any atom is 0.159 e. The lowest BCUT2D eigenvalue weighted by Crippen LogP contribution is -1.98. The normalized spacial score (nSPS) is 11.2. The van der Waals surface area contributed by atoms with E-state index in [1.54, 1.807) is 0 Å². The summed E-state index contributed by atoms with van der Waals surface area (Å²) >= 11 is 0. The Morgan fingerprint density at radius 3 is 2.55 bits per heavy atom. The van der Waals surface area contributed by atoms with Gasteiger partial charge in [0, 0.05) is 23.4 Å². The van der Waals surface area contributed by atoms with Crippen molar-refractivity contribution in [3.63, 3.8) is 0 Å². The van der Waals surface area contributed by atoms with E-state index in [9.17, 15) is 0 Å². The fraction of sp³-hybridized carbons (Fsp3) is 0.294. The molecular formula is C17H19N3. The van der Waals surface area contributed by atoms with Crippen LogP contribution in [-0.4, -0.2) is 14.6 Å². The molecule has 3 nitrogen and oxygen atoms in total. The van der Waals surface area contributed by atoms with Crippen molar-refractivity contribution in [1.29, 1.82) is 0 Å². The second-order valence-electron chi connectivity index (χ2n) is 5.22. The molecule has 102 valence electrons. The minimum Gasteiger partial charge on any atom is -0.234 e. The third-order valence-electron chi connectivity index (χ3n) is 3.63. The van der Waals surface area contributed by atoms with Crippen LogP contribution in [0.5, 0.6) is 0 Å². The van der Waals surface area contributed by atoms with Gasteiger partial charge < -0.3 is 0 Å². The van der Waals surface area contributed by atoms with Crippen molar-refractivity contribution < 1.29 is 0 Å². The van der Waals surface area contributed by atoms with Crippen LogP contribution in [0.2, 0.25) is 0 Å². The van der Waals surface area contributed by atoms with Crippen molar-refractivity contribution >= 4 is 5.65 Å². The Hall–Kier alpha value is -2.16. The van der Waals surface area contributed by atoms with Gasteiger partial charge in [-0.25, -0.2) is 9.50 Å². The first-order valence-corrected chi connectivity index (χ1v) is 7.07. The zero-order valence-corrected chi connectivity index (χ0v) is 12.2. The quantitative estimate of drug-likeness (QED) is 0.725. The van der Waals surface area contributed by atoms with Crippen molar-refractivity contribution in [3.8, 4) is 0 Å². The van der Waals surface area contributed by atoms with Gasteiger partial charge in [-0.2, -0.15) is 5.10 Å². The molecule has 0 aliphatic carbocycles. The lowest BCUT2D eigenvalue weighted by atomic mass is 10.0. The molecule has 3 aromatic rings. The Kier molecular flexibility index (Phi) is 3.26. The molecule has 0 aliphatic rings. The van der Waals surface area contributed by atoms with Crippen LogP contribution in [0, 0.1) is 13.8 Å². The van der Waals surface area contributed by atoms with Crippen molar-refractivity contribution in [2.45, 2.75) is 33.6 Å². The highest BCUT2D eigenvalue weighted by molar-refractivity contribution is 5.53. The maximum absolute atomic E-state index is 4.72. The molecule has 0 atom stereocenters. The SMILES string of the molecule is CCc1nn2c(C)cc(C)nc2c1Cc1ccccc1. The smallest absolute Gasteiger partial charge is 0.159 e. The number of hydrogen-bond donors (Lipinski definition) is 0. The molecule has 0 radical (unpaired) electrons. The highest BCUT2D eigenvalue weighted by atomic mass is 15.3. The molecule has 2 heterocycles. The standard InChI is InChI=1S/C17H19N3/c1-4-16-15(11-14-8-6-5-7-9-14)17-18-12(2)10-13(3)20(17)19-16/h5-10H,4,11H2,1-3H3. The molecule has 0 amide bonds. The van der Waals surface area contributed by atoms with E-state index in [2.05, 4.69) is 44.2 Å². The van der Waals surface area contributed by atoms with Gasteiger partial charge in [-0.3, -0.25) is 0 Å². The first-order chi connectivity index (χ1) is 9.69. The maximum atomic E-state index is 4.72. The average molecular weight is 265 g/mol. The van der Waals surface area contributed by atoms with Crippen LogP contribution in [0.15, 0.2) is 36.4 Å². The van der Waals surface area contributed by atoms with E-state index in [1.165, 1.54) is 11.1 Å². The lowest BCUT2D eigenvalue weighted by molar-refractivity contribution is 0.849. The Bertz CT molecular complexity index is 742. The second-order valence-corrected chi connectivity index (χ2v) is 5.22. The van der Waals surface area contributed by atoms with Crippen LogP contribution >= 0.6 is 0 Å². The Morgan fingerprint density at radius 2 is 1.85 bits per heavy atom. The van der Waals surface area contributed by atoms with E-state index in [1.807, 2.05) is 17.5 Å². The zero-order valence-electron chi connectivity index (χ0n) is 12.2. The summed E-state index contributed by atoms with van der Waals surface area (Å²) in [4.78, 5) is 4.70. The van der Waals surface area contributed by atoms with Gasteiger partial charge in [-0.1, -0.05) is 37.3 Å². The third kappa shape index (κ3) is 2.20. The summed E-state index contributed by atoms with van der Waals surface area (Å²) in [7, 11) is 0. The van der Waals surface area contributed by atoms with E-state index < -0.39 is 0 Å². The highest BCUT2D eigenvalue weighted by Gasteiger charge is 2.14. The van der Waals surface area contributed by atoms with Crippen LogP contribution in [0.25, 0.3) is 5.65 Å². The molecule has 0 unspecified atom stereocenters. The van der Waals surface area contributed by atoms with Crippen LogP contribution < -0.4 is 0 Å². The van der Waals surface area contributed by atoms with E-state index in [-0.39, 0.29) is 0 Å². The molecule has 2 aromatic heterocycles. The monoisotopic (exact) mass is 265 g/mol. The predicted molar refractivity (Wildman–Crippen MR) is 81.1 cm³/mol. The fourth-order valence-corrected chi connectivity index (χ4v) is 2.67. The molecule has 3 rings (SSSR count). The molecule has 0 aliphatic heterocycles. The minimum atomic E-state index is 0.892. The summed E-state index contributed by atoms with van der Waals surface area (Å²) in [6.07, 6.45) is 1.83. The number of aromatic nitrogens is 3. The van der Waals surface area contributed by atoms with Crippen molar-refractivity contribution in [2.75, 3.05) is 0 Å². The fourth-order valence-electron chi connectivity index (χ4n) is 2.67. The van der Waals surface area contributed by atoms with E-state index in [0.29, 0.717) is 0 Å². The lowest BCUT2D eigenvalue weighted by Gasteiger charge is -2.03. The topological polar surface area (TPSA) is 30.2 Å². The van der Waals surface area contributed by atoms with Crippen molar-refractivity contribution in [3.05, 3.63) is 64.6 Å². The number of rotatable bonds is 3. The molecule has 0 fully saturated rings. The van der Waals surface area contributed by atoms with E-state index in [4.69, 9.17) is 10.1 Å². The zero-order chi connectivity index (χ0) is 14.1. The number of fused-ring (bicyclic) bond motifs is 1. The molecule has 0 saturated heterocycles. The predicted octanol–water partition coefficient (Wildman–Crippen LogP) is 3.50. The van der Waals surface area contributed by atoms with Crippen LogP contribution in [0.1, 0.15) is 35.1 Å². The molecule has 0 saturated carbocycles. The Balaban J connectivity index is 2.17. The Morgan fingerprint density at radius 1 is 1.10 bits per heavy atom. The molecule has 0 N–H and O–H groups in total. The van der Waals surface area contributed by atoms with Gasteiger partial charge in [-0.05, 0) is 31.9 Å². The van der Waals surface area contributed by atoms with Gasteiger partial charge in [0.1, 0.15) is 0 Å². The number of hydrogen-bond acceptors (Lipinski definition) is 2. The van der Waals surface area contributed by atoms with Crippen molar-refractivity contribution in [2.24, 2.45) is 0 Å². The third-order valence-corrected chi connectivity index (χ3v) is 3.63.